The molecular weight excluding hydrogens is 388 g/mol. The number of thiophene rings is 1. The lowest BCUT2D eigenvalue weighted by Gasteiger charge is -2.10. The molecule has 0 unspecified atom stereocenters. The fourth-order valence-electron chi connectivity index (χ4n) is 3.87. The molecule has 1 aliphatic rings. The van der Waals surface area contributed by atoms with Crippen molar-refractivity contribution in [2.24, 2.45) is 0 Å². The summed E-state index contributed by atoms with van der Waals surface area (Å²) in [7, 11) is 1.52. The third-order valence-electron chi connectivity index (χ3n) is 5.25. The Morgan fingerprint density at radius 3 is 2.79 bits per heavy atom. The van der Waals surface area contributed by atoms with E-state index >= 15 is 0 Å². The summed E-state index contributed by atoms with van der Waals surface area (Å²) in [6.45, 7) is -0.109. The van der Waals surface area contributed by atoms with Crippen molar-refractivity contribution in [1.82, 2.24) is 9.97 Å². The molecule has 0 bridgehead atoms. The number of aromatic nitrogens is 2. The molecule has 1 aliphatic carbocycles. The molecule has 0 spiro atoms. The van der Waals surface area contributed by atoms with Gasteiger partial charge in [-0.3, -0.25) is 4.79 Å². The number of nitrogens with zero attached hydrogens (tertiary/aromatic N) is 1. The van der Waals surface area contributed by atoms with E-state index in [1.165, 1.54) is 12.0 Å². The van der Waals surface area contributed by atoms with Crippen molar-refractivity contribution in [2.45, 2.75) is 25.9 Å². The van der Waals surface area contributed by atoms with E-state index in [-0.39, 0.29) is 12.2 Å². The van der Waals surface area contributed by atoms with Gasteiger partial charge in [0.15, 0.2) is 0 Å². The summed E-state index contributed by atoms with van der Waals surface area (Å²) >= 11 is 1.56. The molecule has 1 N–H and O–H groups in total. The normalized spacial score (nSPS) is 13.0. The molecule has 29 heavy (non-hydrogen) atoms. The predicted molar refractivity (Wildman–Crippen MR) is 112 cm³/mol. The molecule has 146 valence electrons. The van der Waals surface area contributed by atoms with E-state index in [2.05, 4.69) is 9.97 Å². The molecular formula is C22H18N2O4S. The number of hydrogen-bond donors (Lipinski definition) is 1. The van der Waals surface area contributed by atoms with Crippen molar-refractivity contribution in [2.75, 3.05) is 7.11 Å². The molecule has 2 aromatic heterocycles. The molecule has 6 nitrogen and oxygen atoms in total. The van der Waals surface area contributed by atoms with Crippen LogP contribution < -0.4 is 10.3 Å². The Bertz CT molecular complexity index is 1320. The monoisotopic (exact) mass is 406 g/mol. The van der Waals surface area contributed by atoms with Gasteiger partial charge in [-0.05, 0) is 47.7 Å². The van der Waals surface area contributed by atoms with Crippen LogP contribution in [0.2, 0.25) is 0 Å². The van der Waals surface area contributed by atoms with Gasteiger partial charge in [0.1, 0.15) is 28.6 Å². The van der Waals surface area contributed by atoms with Gasteiger partial charge in [0, 0.05) is 4.88 Å². The minimum absolute atomic E-state index is 0.109. The molecule has 7 heteroatoms. The first kappa shape index (κ1) is 17.9. The zero-order chi connectivity index (χ0) is 20.0. The standard InChI is InChI=1S/C22H18N2O4S/c1-27-16-10-13-6-3-2-5-12(13)9-15(16)22(26)28-11-18-23-20(25)19-14-7-4-8-17(14)29-21(19)24-18/h2-3,5-6,9-10H,4,7-8,11H2,1H3,(H,23,24,25). The number of methoxy groups -OCH3 is 1. The number of benzene rings is 2. The Morgan fingerprint density at radius 2 is 2.00 bits per heavy atom. The van der Waals surface area contributed by atoms with E-state index in [4.69, 9.17) is 9.47 Å². The lowest BCUT2D eigenvalue weighted by atomic mass is 10.1. The first-order chi connectivity index (χ1) is 14.1. The zero-order valence-electron chi connectivity index (χ0n) is 15.8. The first-order valence-corrected chi connectivity index (χ1v) is 10.2. The summed E-state index contributed by atoms with van der Waals surface area (Å²) in [6.07, 6.45) is 3.02. The molecule has 2 aromatic carbocycles. The van der Waals surface area contributed by atoms with E-state index in [0.717, 1.165) is 35.6 Å². The van der Waals surface area contributed by atoms with Gasteiger partial charge in [-0.15, -0.1) is 11.3 Å². The third kappa shape index (κ3) is 3.07. The number of carbonyl (C=O) groups excluding carboxylic acids is 1. The highest BCUT2D eigenvalue weighted by molar-refractivity contribution is 7.18. The number of ether oxygens (including phenoxy) is 2. The van der Waals surface area contributed by atoms with Gasteiger partial charge in [-0.2, -0.15) is 0 Å². The Hall–Kier alpha value is -3.19. The van der Waals surface area contributed by atoms with E-state index in [1.807, 2.05) is 30.3 Å². The first-order valence-electron chi connectivity index (χ1n) is 9.41. The van der Waals surface area contributed by atoms with Gasteiger partial charge in [-0.1, -0.05) is 24.3 Å². The van der Waals surface area contributed by atoms with Gasteiger partial charge >= 0.3 is 5.97 Å². The number of nitrogens with one attached hydrogen (secondary N) is 1. The lowest BCUT2D eigenvalue weighted by molar-refractivity contribution is 0.0459. The molecule has 0 radical (unpaired) electrons. The molecule has 4 aromatic rings. The summed E-state index contributed by atoms with van der Waals surface area (Å²) in [6, 6.07) is 11.3. The number of H-pyrrole nitrogens is 1. The second-order valence-electron chi connectivity index (χ2n) is 7.03. The maximum atomic E-state index is 12.7. The largest absolute Gasteiger partial charge is 0.496 e. The van der Waals surface area contributed by atoms with E-state index < -0.39 is 5.97 Å². The SMILES string of the molecule is COc1cc2ccccc2cc1C(=O)OCc1nc2sc3c(c2c(=O)[nH]1)CCC3. The van der Waals surface area contributed by atoms with Crippen LogP contribution in [0.3, 0.4) is 0 Å². The summed E-state index contributed by atoms with van der Waals surface area (Å²) in [5, 5.41) is 2.58. The minimum atomic E-state index is -0.524. The van der Waals surface area contributed by atoms with Crippen LogP contribution in [-0.2, 0) is 24.2 Å². The van der Waals surface area contributed by atoms with Crippen molar-refractivity contribution < 1.29 is 14.3 Å². The second-order valence-corrected chi connectivity index (χ2v) is 8.11. The average Bonchev–Trinajstić information content (AvgIpc) is 3.31. The molecule has 0 amide bonds. The van der Waals surface area contributed by atoms with Gasteiger partial charge in [0.2, 0.25) is 0 Å². The Morgan fingerprint density at radius 1 is 1.21 bits per heavy atom. The van der Waals surface area contributed by atoms with Crippen LogP contribution in [0, 0.1) is 0 Å². The minimum Gasteiger partial charge on any atom is -0.496 e. The number of aryl methyl sites for hydroxylation is 2. The van der Waals surface area contributed by atoms with Crippen LogP contribution in [0.25, 0.3) is 21.0 Å². The quantitative estimate of drug-likeness (QED) is 0.518. The maximum absolute atomic E-state index is 12.7. The molecule has 0 fully saturated rings. The van der Waals surface area contributed by atoms with Crippen LogP contribution in [0.4, 0.5) is 0 Å². The van der Waals surface area contributed by atoms with E-state index in [0.29, 0.717) is 27.4 Å². The predicted octanol–water partition coefficient (Wildman–Crippen LogP) is 3.99. The fourth-order valence-corrected chi connectivity index (χ4v) is 5.16. The molecule has 5 rings (SSSR count). The van der Waals surface area contributed by atoms with E-state index in [9.17, 15) is 9.59 Å². The molecule has 0 saturated carbocycles. The average molecular weight is 406 g/mol. The molecule has 0 saturated heterocycles. The van der Waals surface area contributed by atoms with Gasteiger partial charge in [-0.25, -0.2) is 9.78 Å². The Balaban J connectivity index is 1.42. The zero-order valence-corrected chi connectivity index (χ0v) is 16.6. The highest BCUT2D eigenvalue weighted by Crippen LogP contribution is 2.34. The number of fused-ring (bicyclic) bond motifs is 4. The topological polar surface area (TPSA) is 81.3 Å². The van der Waals surface area contributed by atoms with Crippen molar-refractivity contribution in [3.63, 3.8) is 0 Å². The smallest absolute Gasteiger partial charge is 0.342 e. The summed E-state index contributed by atoms with van der Waals surface area (Å²) in [4.78, 5) is 34.5. The molecule has 2 heterocycles. The number of carbonyl (C=O) groups is 1. The van der Waals surface area contributed by atoms with Crippen molar-refractivity contribution in [1.29, 1.82) is 0 Å². The van der Waals surface area contributed by atoms with Gasteiger partial charge in [0.25, 0.3) is 5.56 Å². The van der Waals surface area contributed by atoms with Crippen LogP contribution in [0.5, 0.6) is 5.75 Å². The van der Waals surface area contributed by atoms with Crippen molar-refractivity contribution in [3.8, 4) is 5.75 Å². The Labute approximate surface area is 170 Å². The molecule has 0 aliphatic heterocycles. The van der Waals surface area contributed by atoms with Crippen molar-refractivity contribution in [3.05, 3.63) is 68.6 Å². The summed E-state index contributed by atoms with van der Waals surface area (Å²) in [5.41, 5.74) is 1.30. The summed E-state index contributed by atoms with van der Waals surface area (Å²) in [5.74, 6) is 0.264. The van der Waals surface area contributed by atoms with E-state index in [1.54, 1.807) is 17.4 Å². The lowest BCUT2D eigenvalue weighted by Crippen LogP contribution is -2.15. The highest BCUT2D eigenvalue weighted by atomic mass is 32.1. The second kappa shape index (κ2) is 7.00. The number of rotatable bonds is 4. The highest BCUT2D eigenvalue weighted by Gasteiger charge is 2.22. The van der Waals surface area contributed by atoms with Crippen LogP contribution in [0.15, 0.2) is 41.2 Å². The molecule has 0 atom stereocenters. The van der Waals surface area contributed by atoms with Crippen molar-refractivity contribution >= 4 is 38.3 Å². The van der Waals surface area contributed by atoms with Crippen LogP contribution >= 0.6 is 11.3 Å². The number of aromatic amines is 1. The van der Waals surface area contributed by atoms with Crippen LogP contribution in [0.1, 0.15) is 33.0 Å². The number of hydrogen-bond acceptors (Lipinski definition) is 6. The fraction of sp³-hybridized carbons (Fsp3) is 0.227. The van der Waals surface area contributed by atoms with Gasteiger partial charge < -0.3 is 14.5 Å². The Kier molecular flexibility index (Phi) is 4.32. The third-order valence-corrected chi connectivity index (χ3v) is 6.44. The van der Waals surface area contributed by atoms with Crippen LogP contribution in [-0.4, -0.2) is 23.0 Å². The van der Waals surface area contributed by atoms with Gasteiger partial charge in [0.05, 0.1) is 12.5 Å². The number of esters is 1. The summed E-state index contributed by atoms with van der Waals surface area (Å²) < 4.78 is 10.8. The maximum Gasteiger partial charge on any atom is 0.342 e.